The lowest BCUT2D eigenvalue weighted by atomic mass is 9.73. The molecule has 2 rings (SSSR count). The fourth-order valence-corrected chi connectivity index (χ4v) is 5.86. The second-order valence-corrected chi connectivity index (χ2v) is 8.71. The first kappa shape index (κ1) is 15.6. The number of hydrogen-bond donors (Lipinski definition) is 0. The van der Waals surface area contributed by atoms with Crippen molar-refractivity contribution in [3.8, 4) is 0 Å². The minimum absolute atomic E-state index is 0.00586. The van der Waals surface area contributed by atoms with Crippen LogP contribution in [-0.2, 0) is 15.3 Å². The third-order valence-corrected chi connectivity index (χ3v) is 7.16. The molecule has 6 heteroatoms. The van der Waals surface area contributed by atoms with Crippen molar-refractivity contribution >= 4 is 49.0 Å². The molecule has 0 amide bonds. The lowest BCUT2D eigenvalue weighted by Gasteiger charge is -2.35. The molecule has 0 spiro atoms. The highest BCUT2D eigenvalue weighted by Gasteiger charge is 2.44. The summed E-state index contributed by atoms with van der Waals surface area (Å²) in [5.41, 5.74) is 0.552. The van der Waals surface area contributed by atoms with Crippen LogP contribution in [0.15, 0.2) is 28.7 Å². The first-order valence-corrected chi connectivity index (χ1v) is 9.70. The van der Waals surface area contributed by atoms with E-state index in [-0.39, 0.29) is 17.4 Å². The minimum Gasteiger partial charge on any atom is -0.229 e. The van der Waals surface area contributed by atoms with E-state index in [9.17, 15) is 8.42 Å². The molecule has 1 aliphatic rings. The van der Waals surface area contributed by atoms with Gasteiger partial charge in [0.25, 0.3) is 0 Å². The van der Waals surface area contributed by atoms with Crippen LogP contribution in [0.2, 0.25) is 0 Å². The molecule has 106 valence electrons. The van der Waals surface area contributed by atoms with Crippen molar-refractivity contribution < 1.29 is 8.42 Å². The molecule has 1 unspecified atom stereocenters. The molecule has 1 heterocycles. The van der Waals surface area contributed by atoms with Crippen LogP contribution >= 0.6 is 39.1 Å². The highest BCUT2D eigenvalue weighted by Crippen LogP contribution is 2.41. The van der Waals surface area contributed by atoms with Gasteiger partial charge in [0.15, 0.2) is 9.84 Å². The van der Waals surface area contributed by atoms with E-state index in [0.717, 1.165) is 10.0 Å². The summed E-state index contributed by atoms with van der Waals surface area (Å²) in [6.07, 6.45) is 0.637. The minimum atomic E-state index is -2.94. The van der Waals surface area contributed by atoms with E-state index < -0.39 is 15.3 Å². The number of halogens is 3. The van der Waals surface area contributed by atoms with E-state index in [2.05, 4.69) is 15.9 Å². The molecule has 19 heavy (non-hydrogen) atoms. The molecule has 1 saturated heterocycles. The lowest BCUT2D eigenvalue weighted by molar-refractivity contribution is 0.361. The van der Waals surface area contributed by atoms with E-state index in [1.165, 1.54) is 0 Å². The van der Waals surface area contributed by atoms with Gasteiger partial charge in [-0.25, -0.2) is 8.42 Å². The van der Waals surface area contributed by atoms with Crippen molar-refractivity contribution in [3.63, 3.8) is 0 Å². The molecular weight excluding hydrogens is 371 g/mol. The van der Waals surface area contributed by atoms with Gasteiger partial charge < -0.3 is 0 Å². The van der Waals surface area contributed by atoms with E-state index in [1.807, 2.05) is 24.3 Å². The third kappa shape index (κ3) is 3.12. The fourth-order valence-electron chi connectivity index (χ4n) is 2.66. The van der Waals surface area contributed by atoms with E-state index >= 15 is 0 Å². The molecule has 1 aromatic rings. The highest BCUT2D eigenvalue weighted by atomic mass is 79.9. The van der Waals surface area contributed by atoms with Crippen LogP contribution in [-0.4, -0.2) is 31.7 Å². The molecule has 1 atom stereocenters. The molecule has 1 aliphatic heterocycles. The van der Waals surface area contributed by atoms with Crippen LogP contribution < -0.4 is 0 Å². The number of hydrogen-bond acceptors (Lipinski definition) is 2. The van der Waals surface area contributed by atoms with Gasteiger partial charge in [0.05, 0.1) is 11.5 Å². The zero-order valence-electron chi connectivity index (χ0n) is 10.3. The Labute approximate surface area is 132 Å². The van der Waals surface area contributed by atoms with Gasteiger partial charge in [-0.2, -0.15) is 0 Å². The monoisotopic (exact) mass is 384 g/mol. The normalized spacial score (nSPS) is 22.6. The molecule has 0 bridgehead atoms. The largest absolute Gasteiger partial charge is 0.229 e. The maximum absolute atomic E-state index is 11.7. The molecule has 0 aliphatic carbocycles. The number of alkyl halides is 2. The zero-order valence-corrected chi connectivity index (χ0v) is 14.2. The van der Waals surface area contributed by atoms with Crippen molar-refractivity contribution in [1.82, 2.24) is 0 Å². The quantitative estimate of drug-likeness (QED) is 0.742. The summed E-state index contributed by atoms with van der Waals surface area (Å²) >= 11 is 15.8. The molecular formula is C13H15BrCl2O2S. The second kappa shape index (κ2) is 5.92. The first-order valence-electron chi connectivity index (χ1n) is 6.02. The van der Waals surface area contributed by atoms with Crippen molar-refractivity contribution in [2.45, 2.75) is 11.8 Å². The van der Waals surface area contributed by atoms with Gasteiger partial charge in [0.2, 0.25) is 0 Å². The van der Waals surface area contributed by atoms with Crippen molar-refractivity contribution in [2.75, 3.05) is 23.3 Å². The summed E-state index contributed by atoms with van der Waals surface area (Å²) in [5.74, 6) is 1.08. The molecule has 0 N–H and O–H groups in total. The van der Waals surface area contributed by atoms with E-state index in [1.54, 1.807) is 0 Å². The van der Waals surface area contributed by atoms with Gasteiger partial charge >= 0.3 is 0 Å². The predicted octanol–water partition coefficient (Wildman–Crippen LogP) is 3.60. The van der Waals surface area contributed by atoms with Gasteiger partial charge in [0.1, 0.15) is 0 Å². The van der Waals surface area contributed by atoms with Crippen LogP contribution in [0.25, 0.3) is 0 Å². The second-order valence-electron chi connectivity index (χ2n) is 5.03. The first-order chi connectivity index (χ1) is 8.93. The third-order valence-electron chi connectivity index (χ3n) is 3.91. The van der Waals surface area contributed by atoms with Gasteiger partial charge in [-0.15, -0.1) is 23.2 Å². The Morgan fingerprint density at radius 2 is 1.79 bits per heavy atom. The Hall–Kier alpha value is 0.230. The van der Waals surface area contributed by atoms with Crippen LogP contribution in [0.1, 0.15) is 12.0 Å². The molecule has 2 nitrogen and oxygen atoms in total. The van der Waals surface area contributed by atoms with Crippen LogP contribution in [0.5, 0.6) is 0 Å². The topological polar surface area (TPSA) is 34.1 Å². The standard InChI is InChI=1S/C13H15BrCl2O2S/c14-12-3-1-10(2-4-12)13(8-15,9-16)11-5-6-19(17,18)7-11/h1-4,11H,5-9H2. The maximum atomic E-state index is 11.7. The number of benzene rings is 1. The van der Waals surface area contributed by atoms with Gasteiger partial charge in [-0.1, -0.05) is 28.1 Å². The van der Waals surface area contributed by atoms with Crippen LogP contribution in [0.3, 0.4) is 0 Å². The predicted molar refractivity (Wildman–Crippen MR) is 84.0 cm³/mol. The Morgan fingerprint density at radius 3 is 2.21 bits per heavy atom. The molecule has 0 aromatic heterocycles. The Morgan fingerprint density at radius 1 is 1.21 bits per heavy atom. The molecule has 1 fully saturated rings. The van der Waals surface area contributed by atoms with Crippen LogP contribution in [0.4, 0.5) is 0 Å². The smallest absolute Gasteiger partial charge is 0.150 e. The Kier molecular flexibility index (Phi) is 4.87. The SMILES string of the molecule is O=S1(=O)CCC(C(CCl)(CCl)c2ccc(Br)cc2)C1. The average Bonchev–Trinajstić information content (AvgIpc) is 2.74. The summed E-state index contributed by atoms with van der Waals surface area (Å²) < 4.78 is 24.4. The van der Waals surface area contributed by atoms with Crippen molar-refractivity contribution in [2.24, 2.45) is 5.92 Å². The van der Waals surface area contributed by atoms with Gasteiger partial charge in [-0.3, -0.25) is 0 Å². The summed E-state index contributed by atoms with van der Waals surface area (Å²) in [4.78, 5) is 0. The summed E-state index contributed by atoms with van der Waals surface area (Å²) in [6, 6.07) is 7.82. The fraction of sp³-hybridized carbons (Fsp3) is 0.538. The van der Waals surface area contributed by atoms with Crippen LogP contribution in [0, 0.1) is 5.92 Å². The summed E-state index contributed by atoms with van der Waals surface area (Å²) in [5, 5.41) is 0. The zero-order chi connectivity index (χ0) is 14.1. The lowest BCUT2D eigenvalue weighted by Crippen LogP contribution is -2.40. The molecule has 1 aromatic carbocycles. The highest BCUT2D eigenvalue weighted by molar-refractivity contribution is 9.10. The summed E-state index contributed by atoms with van der Waals surface area (Å²) in [6.45, 7) is 0. The molecule has 0 saturated carbocycles. The van der Waals surface area contributed by atoms with Gasteiger partial charge in [-0.05, 0) is 30.0 Å². The van der Waals surface area contributed by atoms with Gasteiger partial charge in [0, 0.05) is 21.6 Å². The Balaban J connectivity index is 2.40. The maximum Gasteiger partial charge on any atom is 0.150 e. The van der Waals surface area contributed by atoms with E-state index in [0.29, 0.717) is 18.2 Å². The van der Waals surface area contributed by atoms with Crippen molar-refractivity contribution in [1.29, 1.82) is 0 Å². The molecule has 0 radical (unpaired) electrons. The van der Waals surface area contributed by atoms with Crippen molar-refractivity contribution in [3.05, 3.63) is 34.3 Å². The summed E-state index contributed by atoms with van der Waals surface area (Å²) in [7, 11) is -2.94. The van der Waals surface area contributed by atoms with E-state index in [4.69, 9.17) is 23.2 Å². The number of sulfone groups is 1. The Bertz CT molecular complexity index is 538. The average molecular weight is 386 g/mol. The number of rotatable bonds is 4.